The van der Waals surface area contributed by atoms with Gasteiger partial charge in [0, 0.05) is 0 Å². The predicted octanol–water partition coefficient (Wildman–Crippen LogP) is 3.52. The van der Waals surface area contributed by atoms with Crippen LogP contribution in [0.4, 0.5) is 0 Å². The summed E-state index contributed by atoms with van der Waals surface area (Å²) < 4.78 is 5.50. The van der Waals surface area contributed by atoms with Crippen LogP contribution in [0.5, 0.6) is 0 Å². The number of oxazole rings is 1. The van der Waals surface area contributed by atoms with Crippen molar-refractivity contribution in [3.63, 3.8) is 0 Å². The minimum Gasteiger partial charge on any atom is -0.434 e. The Morgan fingerprint density at radius 3 is 2.62 bits per heavy atom. The average Bonchev–Trinajstić information content (AvgIpc) is 2.83. The lowest BCUT2D eigenvalue weighted by Crippen LogP contribution is -1.78. The first kappa shape index (κ1) is 9.69. The Labute approximate surface area is 100 Å². The van der Waals surface area contributed by atoms with Crippen molar-refractivity contribution in [2.45, 2.75) is 0 Å². The summed E-state index contributed by atoms with van der Waals surface area (Å²) in [5.41, 5.74) is 1.46. The minimum absolute atomic E-state index is 0.207. The zero-order chi connectivity index (χ0) is 11.1. The molecule has 0 unspecified atom stereocenters. The summed E-state index contributed by atoms with van der Waals surface area (Å²) in [4.78, 5) is 11.0. The van der Waals surface area contributed by atoms with Crippen LogP contribution in [-0.2, 0) is 0 Å². The minimum atomic E-state index is 0.207. The van der Waals surface area contributed by atoms with Crippen LogP contribution >= 0.6 is 23.2 Å². The van der Waals surface area contributed by atoms with Gasteiger partial charge in [-0.2, -0.15) is 0 Å². The molecule has 0 aliphatic heterocycles. The number of fused-ring (bicyclic) bond motifs is 1. The van der Waals surface area contributed by atoms with E-state index in [9.17, 15) is 0 Å². The molecule has 0 aliphatic carbocycles. The molecule has 0 aliphatic rings. The first-order valence-corrected chi connectivity index (χ1v) is 5.26. The highest BCUT2D eigenvalue weighted by Gasteiger charge is 2.13. The first-order chi connectivity index (χ1) is 7.74. The van der Waals surface area contributed by atoms with Crippen molar-refractivity contribution in [1.29, 1.82) is 0 Å². The van der Waals surface area contributed by atoms with Gasteiger partial charge in [-0.15, -0.1) is 0 Å². The van der Waals surface area contributed by atoms with Gasteiger partial charge in [0.25, 0.3) is 5.89 Å². The normalized spacial score (nSPS) is 11.1. The topological polar surface area (TPSA) is 54.7 Å². The largest absolute Gasteiger partial charge is 0.434 e. The summed E-state index contributed by atoms with van der Waals surface area (Å²) in [5, 5.41) is 0.484. The molecule has 2 aromatic heterocycles. The molecule has 80 valence electrons. The number of rotatable bonds is 1. The monoisotopic (exact) mass is 253 g/mol. The van der Waals surface area contributed by atoms with Gasteiger partial charge in [-0.3, -0.25) is 0 Å². The Bertz CT molecular complexity index is 606. The third-order valence-corrected chi connectivity index (χ3v) is 2.76. The maximum atomic E-state index is 5.76. The number of hydrogen-bond acceptors (Lipinski definition) is 3. The quantitative estimate of drug-likeness (QED) is 0.722. The van der Waals surface area contributed by atoms with E-state index in [0.29, 0.717) is 17.3 Å². The zero-order valence-electron chi connectivity index (χ0n) is 7.87. The molecule has 16 heavy (non-hydrogen) atoms. The van der Waals surface area contributed by atoms with Crippen molar-refractivity contribution < 1.29 is 4.42 Å². The van der Waals surface area contributed by atoms with Gasteiger partial charge < -0.3 is 9.40 Å². The third-order valence-electron chi connectivity index (χ3n) is 2.12. The van der Waals surface area contributed by atoms with Crippen LogP contribution in [0.15, 0.2) is 28.7 Å². The van der Waals surface area contributed by atoms with Crippen LogP contribution < -0.4 is 0 Å². The molecule has 0 amide bonds. The number of benzene rings is 1. The van der Waals surface area contributed by atoms with Crippen LogP contribution in [0.3, 0.4) is 0 Å². The average molecular weight is 254 g/mol. The van der Waals surface area contributed by atoms with E-state index in [1.54, 1.807) is 0 Å². The van der Waals surface area contributed by atoms with Crippen molar-refractivity contribution in [2.75, 3.05) is 0 Å². The molecule has 4 nitrogen and oxygen atoms in total. The number of hydrogen-bond donors (Lipinski definition) is 1. The lowest BCUT2D eigenvalue weighted by Gasteiger charge is -1.84. The number of H-pyrrole nitrogens is 1. The van der Waals surface area contributed by atoms with Gasteiger partial charge in [0.1, 0.15) is 10.7 Å². The summed E-state index contributed by atoms with van der Waals surface area (Å²) in [7, 11) is 0. The molecule has 6 heteroatoms. The Morgan fingerprint density at radius 2 is 1.94 bits per heavy atom. The fourth-order valence-corrected chi connectivity index (χ4v) is 1.67. The van der Waals surface area contributed by atoms with Crippen molar-refractivity contribution in [3.8, 4) is 11.7 Å². The first-order valence-electron chi connectivity index (χ1n) is 4.51. The Hall–Kier alpha value is -1.52. The number of halogens is 2. The number of nitrogens with zero attached hydrogens (tertiary/aromatic N) is 2. The summed E-state index contributed by atoms with van der Waals surface area (Å²) >= 11 is 11.5. The number of para-hydroxylation sites is 2. The predicted molar refractivity (Wildman–Crippen MR) is 61.6 cm³/mol. The second-order valence-corrected chi connectivity index (χ2v) is 3.91. The summed E-state index contributed by atoms with van der Waals surface area (Å²) in [5.74, 6) is 0.793. The molecule has 0 atom stereocenters. The van der Waals surface area contributed by atoms with Crippen LogP contribution in [0.2, 0.25) is 10.3 Å². The van der Waals surface area contributed by atoms with Crippen molar-refractivity contribution in [2.24, 2.45) is 0 Å². The van der Waals surface area contributed by atoms with Gasteiger partial charge in [-0.25, -0.2) is 9.97 Å². The molecule has 3 aromatic rings. The maximum Gasteiger partial charge on any atom is 0.264 e. The number of aromatic amines is 1. The van der Waals surface area contributed by atoms with E-state index in [2.05, 4.69) is 15.0 Å². The van der Waals surface area contributed by atoms with E-state index >= 15 is 0 Å². The molecule has 2 heterocycles. The Kier molecular flexibility index (Phi) is 2.12. The van der Waals surface area contributed by atoms with Crippen LogP contribution in [-0.4, -0.2) is 15.0 Å². The second kappa shape index (κ2) is 3.50. The fourth-order valence-electron chi connectivity index (χ4n) is 1.41. The van der Waals surface area contributed by atoms with Gasteiger partial charge in [0.05, 0.1) is 0 Å². The highest BCUT2D eigenvalue weighted by Crippen LogP contribution is 2.26. The smallest absolute Gasteiger partial charge is 0.264 e. The molecule has 0 saturated heterocycles. The van der Waals surface area contributed by atoms with Crippen molar-refractivity contribution >= 4 is 34.3 Å². The van der Waals surface area contributed by atoms with E-state index in [4.69, 9.17) is 27.6 Å². The summed E-state index contributed by atoms with van der Waals surface area (Å²) in [6.07, 6.45) is 0. The van der Waals surface area contributed by atoms with E-state index in [0.717, 1.165) is 5.52 Å². The van der Waals surface area contributed by atoms with Gasteiger partial charge >= 0.3 is 0 Å². The van der Waals surface area contributed by atoms with Crippen LogP contribution in [0.1, 0.15) is 0 Å². The molecule has 0 bridgehead atoms. The molecule has 0 radical (unpaired) electrons. The standard InChI is InChI=1S/C10H5Cl2N3O/c11-7-8(12)15-9(14-7)10-13-5-3-1-2-4-6(5)16-10/h1-4H,(H,14,15). The van der Waals surface area contributed by atoms with Gasteiger partial charge in [0.15, 0.2) is 16.6 Å². The third kappa shape index (κ3) is 1.47. The molecule has 3 rings (SSSR count). The highest BCUT2D eigenvalue weighted by atomic mass is 35.5. The van der Waals surface area contributed by atoms with Crippen LogP contribution in [0, 0.1) is 0 Å². The molecule has 0 saturated carbocycles. The highest BCUT2D eigenvalue weighted by molar-refractivity contribution is 6.40. The molecule has 0 fully saturated rings. The van der Waals surface area contributed by atoms with Crippen molar-refractivity contribution in [3.05, 3.63) is 34.6 Å². The lowest BCUT2D eigenvalue weighted by atomic mass is 10.3. The fraction of sp³-hybridized carbons (Fsp3) is 0. The van der Waals surface area contributed by atoms with Gasteiger partial charge in [0.2, 0.25) is 0 Å². The van der Waals surface area contributed by atoms with E-state index in [1.165, 1.54) is 0 Å². The molecule has 0 spiro atoms. The molecular weight excluding hydrogens is 249 g/mol. The zero-order valence-corrected chi connectivity index (χ0v) is 9.38. The van der Waals surface area contributed by atoms with Gasteiger partial charge in [-0.1, -0.05) is 35.3 Å². The second-order valence-electron chi connectivity index (χ2n) is 3.18. The molecular formula is C10H5Cl2N3O. The lowest BCUT2D eigenvalue weighted by molar-refractivity contribution is 0.614. The Balaban J connectivity index is 2.18. The number of nitrogens with one attached hydrogen (secondary N) is 1. The summed E-state index contributed by atoms with van der Waals surface area (Å²) in [6.45, 7) is 0. The van der Waals surface area contributed by atoms with E-state index in [-0.39, 0.29) is 10.3 Å². The molecule has 1 aromatic carbocycles. The number of aromatic nitrogens is 3. The summed E-state index contributed by atoms with van der Waals surface area (Å²) in [6, 6.07) is 7.45. The molecule has 1 N–H and O–H groups in total. The van der Waals surface area contributed by atoms with E-state index in [1.807, 2.05) is 24.3 Å². The van der Waals surface area contributed by atoms with E-state index < -0.39 is 0 Å². The van der Waals surface area contributed by atoms with Crippen molar-refractivity contribution in [1.82, 2.24) is 15.0 Å². The number of imidazole rings is 1. The SMILES string of the molecule is Clc1nc(-c2nc3ccccc3o2)[nH]c1Cl. The van der Waals surface area contributed by atoms with Gasteiger partial charge in [-0.05, 0) is 12.1 Å². The van der Waals surface area contributed by atoms with Crippen LogP contribution in [0.25, 0.3) is 22.8 Å². The maximum absolute atomic E-state index is 5.76. The Morgan fingerprint density at radius 1 is 1.12 bits per heavy atom.